The molecule has 0 aromatic heterocycles. The Morgan fingerprint density at radius 2 is 0.571 bits per heavy atom. The fourth-order valence-corrected chi connectivity index (χ4v) is 5.32. The minimum absolute atomic E-state index is 0.877. The number of rotatable bonds is 3. The molecule has 0 atom stereocenters. The van der Waals surface area contributed by atoms with E-state index in [4.69, 9.17) is 19.2 Å². The van der Waals surface area contributed by atoms with Crippen molar-refractivity contribution in [3.63, 3.8) is 0 Å². The molecule has 0 saturated heterocycles. The summed E-state index contributed by atoms with van der Waals surface area (Å²) >= 11 is 0. The SMILES string of the molecule is CN(C)C1CCCCCC1.CN(C)C1CCCCCC1.CN(C)C1CCCCCC1.O=P(O)(O)O. The Balaban J connectivity index is 0.000000453. The van der Waals surface area contributed by atoms with E-state index in [1.165, 1.54) is 116 Å². The molecular formula is C27H60N3O4P. The molecule has 0 heterocycles. The number of nitrogens with zero attached hydrogens (tertiary/aromatic N) is 3. The first-order valence-corrected chi connectivity index (χ1v) is 15.8. The van der Waals surface area contributed by atoms with Gasteiger partial charge in [0.05, 0.1) is 0 Å². The predicted octanol–water partition coefficient (Wildman–Crippen LogP) is 5.88. The van der Waals surface area contributed by atoms with Crippen molar-refractivity contribution in [2.45, 2.75) is 134 Å². The molecule has 0 spiro atoms. The Morgan fingerprint density at radius 3 is 0.686 bits per heavy atom. The molecule has 0 aliphatic heterocycles. The Hall–Kier alpha value is -0.0100. The van der Waals surface area contributed by atoms with Gasteiger partial charge in [-0.15, -0.1) is 0 Å². The fraction of sp³-hybridized carbons (Fsp3) is 1.00. The third-order valence-corrected chi connectivity index (χ3v) is 7.66. The van der Waals surface area contributed by atoms with Crippen LogP contribution < -0.4 is 0 Å². The van der Waals surface area contributed by atoms with E-state index in [1.54, 1.807) is 0 Å². The van der Waals surface area contributed by atoms with Crippen molar-refractivity contribution in [2.75, 3.05) is 42.3 Å². The van der Waals surface area contributed by atoms with Gasteiger partial charge in [0.25, 0.3) is 0 Å². The Bertz CT molecular complexity index is 439. The minimum Gasteiger partial charge on any atom is -0.306 e. The van der Waals surface area contributed by atoms with Crippen LogP contribution in [0.4, 0.5) is 0 Å². The van der Waals surface area contributed by atoms with Gasteiger partial charge < -0.3 is 29.4 Å². The summed E-state index contributed by atoms with van der Waals surface area (Å²) in [5.41, 5.74) is 0. The highest BCUT2D eigenvalue weighted by atomic mass is 31.2. The smallest absolute Gasteiger partial charge is 0.306 e. The molecule has 0 unspecified atom stereocenters. The third kappa shape index (κ3) is 22.9. The lowest BCUT2D eigenvalue weighted by Gasteiger charge is -2.21. The zero-order chi connectivity index (χ0) is 26.7. The summed E-state index contributed by atoms with van der Waals surface area (Å²) in [7, 11) is 8.59. The second kappa shape index (κ2) is 21.0. The molecule has 3 N–H and O–H groups in total. The summed E-state index contributed by atoms with van der Waals surface area (Å²) in [6.45, 7) is 0. The van der Waals surface area contributed by atoms with E-state index < -0.39 is 7.82 Å². The van der Waals surface area contributed by atoms with Gasteiger partial charge in [-0.25, -0.2) is 4.57 Å². The number of phosphoric acid groups is 1. The maximum atomic E-state index is 8.88. The first-order valence-electron chi connectivity index (χ1n) is 14.2. The van der Waals surface area contributed by atoms with Crippen molar-refractivity contribution >= 4 is 7.82 Å². The monoisotopic (exact) mass is 521 g/mol. The lowest BCUT2D eigenvalue weighted by Crippen LogP contribution is -2.26. The quantitative estimate of drug-likeness (QED) is 0.316. The zero-order valence-corrected chi connectivity index (χ0v) is 24.9. The van der Waals surface area contributed by atoms with Gasteiger partial charge in [-0.3, -0.25) is 0 Å². The predicted molar refractivity (Wildman–Crippen MR) is 150 cm³/mol. The zero-order valence-electron chi connectivity index (χ0n) is 24.0. The van der Waals surface area contributed by atoms with Gasteiger partial charge in [-0.2, -0.15) is 0 Å². The van der Waals surface area contributed by atoms with Gasteiger partial charge in [-0.05, 0) is 80.8 Å². The molecule has 0 amide bonds. The van der Waals surface area contributed by atoms with Crippen LogP contribution in [-0.2, 0) is 4.57 Å². The Kier molecular flexibility index (Phi) is 21.0. The molecular weight excluding hydrogens is 461 g/mol. The van der Waals surface area contributed by atoms with E-state index in [1.807, 2.05) is 0 Å². The van der Waals surface area contributed by atoms with E-state index in [9.17, 15) is 0 Å². The molecule has 3 fully saturated rings. The highest BCUT2D eigenvalue weighted by Gasteiger charge is 2.14. The van der Waals surface area contributed by atoms with Gasteiger partial charge >= 0.3 is 7.82 Å². The molecule has 0 bridgehead atoms. The summed E-state index contributed by atoms with van der Waals surface area (Å²) in [6.07, 6.45) is 26.0. The van der Waals surface area contributed by atoms with Crippen molar-refractivity contribution in [2.24, 2.45) is 0 Å². The van der Waals surface area contributed by atoms with Crippen molar-refractivity contribution < 1.29 is 19.2 Å². The topological polar surface area (TPSA) is 87.5 Å². The van der Waals surface area contributed by atoms with Crippen molar-refractivity contribution in [1.82, 2.24) is 14.7 Å². The molecule has 7 nitrogen and oxygen atoms in total. The molecule has 35 heavy (non-hydrogen) atoms. The van der Waals surface area contributed by atoms with Crippen molar-refractivity contribution in [1.29, 1.82) is 0 Å². The average Bonchev–Trinajstić information content (AvgIpc) is 3.29. The summed E-state index contributed by atoms with van der Waals surface area (Å²) in [5, 5.41) is 0. The highest BCUT2D eigenvalue weighted by molar-refractivity contribution is 7.45. The lowest BCUT2D eigenvalue weighted by atomic mass is 10.1. The summed E-state index contributed by atoms with van der Waals surface area (Å²) in [6, 6.07) is 2.63. The molecule has 3 rings (SSSR count). The van der Waals surface area contributed by atoms with E-state index in [0.29, 0.717) is 0 Å². The van der Waals surface area contributed by atoms with Crippen LogP contribution in [-0.4, -0.2) is 89.8 Å². The molecule has 3 saturated carbocycles. The number of hydrogen-bond donors (Lipinski definition) is 3. The largest absolute Gasteiger partial charge is 0.466 e. The second-order valence-electron chi connectivity index (χ2n) is 11.3. The van der Waals surface area contributed by atoms with Gasteiger partial charge in [0.15, 0.2) is 0 Å². The molecule has 212 valence electrons. The van der Waals surface area contributed by atoms with Crippen molar-refractivity contribution in [3.05, 3.63) is 0 Å². The fourth-order valence-electron chi connectivity index (χ4n) is 5.32. The van der Waals surface area contributed by atoms with Crippen LogP contribution in [0, 0.1) is 0 Å². The molecule has 3 aliphatic carbocycles. The van der Waals surface area contributed by atoms with Crippen LogP contribution in [0.15, 0.2) is 0 Å². The van der Waals surface area contributed by atoms with Crippen molar-refractivity contribution in [3.8, 4) is 0 Å². The normalized spacial score (nSPS) is 21.5. The number of hydrogen-bond acceptors (Lipinski definition) is 4. The first kappa shape index (κ1) is 35.0. The summed E-state index contributed by atoms with van der Waals surface area (Å²) < 4.78 is 8.88. The van der Waals surface area contributed by atoms with E-state index in [-0.39, 0.29) is 0 Å². The summed E-state index contributed by atoms with van der Waals surface area (Å²) in [4.78, 5) is 28.7. The molecule has 0 radical (unpaired) electrons. The van der Waals surface area contributed by atoms with E-state index in [2.05, 4.69) is 57.0 Å². The van der Waals surface area contributed by atoms with Gasteiger partial charge in [0, 0.05) is 18.1 Å². The molecule has 8 heteroatoms. The van der Waals surface area contributed by atoms with Crippen LogP contribution in [0.3, 0.4) is 0 Å². The average molecular weight is 522 g/mol. The van der Waals surface area contributed by atoms with Crippen LogP contribution in [0.5, 0.6) is 0 Å². The van der Waals surface area contributed by atoms with E-state index >= 15 is 0 Å². The minimum atomic E-state index is -4.64. The van der Waals surface area contributed by atoms with Crippen LogP contribution in [0.25, 0.3) is 0 Å². The molecule has 0 aromatic carbocycles. The lowest BCUT2D eigenvalue weighted by molar-refractivity contribution is 0.267. The second-order valence-corrected chi connectivity index (χ2v) is 12.4. The Labute approximate surface area is 217 Å². The maximum Gasteiger partial charge on any atom is 0.466 e. The standard InChI is InChI=1S/3C9H19N.H3O4P/c3*1-10(2)9-7-5-3-4-6-8-9;1-5(2,3)4/h3*9H,3-8H2,1-2H3;(H3,1,2,3,4). The molecule has 0 aromatic rings. The van der Waals surface area contributed by atoms with Crippen LogP contribution in [0.2, 0.25) is 0 Å². The first-order chi connectivity index (χ1) is 16.4. The molecule has 3 aliphatic rings. The van der Waals surface area contributed by atoms with E-state index in [0.717, 1.165) is 18.1 Å². The van der Waals surface area contributed by atoms with Gasteiger partial charge in [0.1, 0.15) is 0 Å². The van der Waals surface area contributed by atoms with Gasteiger partial charge in [0.2, 0.25) is 0 Å². The Morgan fingerprint density at radius 1 is 0.429 bits per heavy atom. The van der Waals surface area contributed by atoms with Crippen LogP contribution in [0.1, 0.15) is 116 Å². The summed E-state index contributed by atoms with van der Waals surface area (Å²) in [5.74, 6) is 0. The highest BCUT2D eigenvalue weighted by Crippen LogP contribution is 2.26. The van der Waals surface area contributed by atoms with Crippen LogP contribution >= 0.6 is 7.82 Å². The van der Waals surface area contributed by atoms with Gasteiger partial charge in [-0.1, -0.05) is 77.0 Å². The maximum absolute atomic E-state index is 8.88. The third-order valence-electron chi connectivity index (χ3n) is 7.66.